The van der Waals surface area contributed by atoms with Crippen molar-refractivity contribution in [1.82, 2.24) is 29.5 Å². The van der Waals surface area contributed by atoms with Crippen LogP contribution in [0.2, 0.25) is 5.02 Å². The number of alkyl halides is 3. The minimum Gasteiger partial charge on any atom is -0.464 e. The number of aliphatic hydroxyl groups is 1. The number of benzene rings is 1. The predicted molar refractivity (Wildman–Crippen MR) is 118 cm³/mol. The maximum atomic E-state index is 15.7. The molecule has 0 spiro atoms. The molecule has 3 aromatic heterocycles. The van der Waals surface area contributed by atoms with Gasteiger partial charge in [0.1, 0.15) is 17.8 Å². The number of pyridine rings is 1. The number of aromatic nitrogens is 6. The van der Waals surface area contributed by atoms with Gasteiger partial charge in [-0.15, -0.1) is 10.2 Å². The van der Waals surface area contributed by atoms with Gasteiger partial charge in [-0.3, -0.25) is 4.57 Å². The van der Waals surface area contributed by atoms with Gasteiger partial charge in [-0.2, -0.15) is 27.9 Å². The van der Waals surface area contributed by atoms with Crippen LogP contribution in [0.5, 0.6) is 17.5 Å². The minimum absolute atomic E-state index is 0.0197. The first kappa shape index (κ1) is 27.1. The van der Waals surface area contributed by atoms with Crippen molar-refractivity contribution in [2.75, 3.05) is 0 Å². The second kappa shape index (κ2) is 10.1. The molecule has 0 aliphatic rings. The zero-order valence-electron chi connectivity index (χ0n) is 19.2. The zero-order valence-corrected chi connectivity index (χ0v) is 20.0. The molecule has 38 heavy (non-hydrogen) atoms. The molecule has 4 aromatic rings. The van der Waals surface area contributed by atoms with Gasteiger partial charge in [-0.05, 0) is 19.9 Å². The van der Waals surface area contributed by atoms with Gasteiger partial charge in [0.2, 0.25) is 5.88 Å². The molecule has 17 heteroatoms. The van der Waals surface area contributed by atoms with Crippen LogP contribution in [0, 0.1) is 17.5 Å². The molecule has 0 amide bonds. The van der Waals surface area contributed by atoms with E-state index in [-0.39, 0.29) is 12.4 Å². The zero-order chi connectivity index (χ0) is 27.9. The van der Waals surface area contributed by atoms with E-state index in [0.29, 0.717) is 23.7 Å². The molecule has 3 heterocycles. The topological polar surface area (TPSA) is 117 Å². The van der Waals surface area contributed by atoms with Crippen molar-refractivity contribution in [3.8, 4) is 23.3 Å². The molecule has 0 fully saturated rings. The molecule has 1 unspecified atom stereocenters. The summed E-state index contributed by atoms with van der Waals surface area (Å²) in [6.45, 7) is 1.47. The second-order valence-corrected chi connectivity index (χ2v) is 8.02. The molecule has 0 aliphatic carbocycles. The van der Waals surface area contributed by atoms with Crippen LogP contribution >= 0.6 is 11.6 Å². The van der Waals surface area contributed by atoms with Crippen LogP contribution in [0.1, 0.15) is 19.7 Å². The number of hydrogen-bond donors (Lipinski definition) is 1. The van der Waals surface area contributed by atoms with E-state index in [0.717, 1.165) is 10.8 Å². The highest BCUT2D eigenvalue weighted by Crippen LogP contribution is 2.40. The van der Waals surface area contributed by atoms with Crippen LogP contribution < -0.4 is 15.2 Å². The highest BCUT2D eigenvalue weighted by molar-refractivity contribution is 6.32. The van der Waals surface area contributed by atoms with Crippen LogP contribution in [0.4, 0.5) is 26.3 Å². The SMILES string of the molecule is CCn1c(CO)nn(-c2nc(OC(C)C(F)(F)F)c3c(Oc4c(F)cc(F)cc4Cl)nncc3c2F)c1=O. The summed E-state index contributed by atoms with van der Waals surface area (Å²) in [5, 5.41) is 18.5. The Labute approximate surface area is 213 Å². The van der Waals surface area contributed by atoms with Crippen molar-refractivity contribution in [1.29, 1.82) is 0 Å². The van der Waals surface area contributed by atoms with Crippen molar-refractivity contribution in [2.24, 2.45) is 0 Å². The maximum absolute atomic E-state index is 15.7. The van der Waals surface area contributed by atoms with Crippen molar-refractivity contribution in [3.63, 3.8) is 0 Å². The van der Waals surface area contributed by atoms with E-state index < -0.39 is 81.2 Å². The highest BCUT2D eigenvalue weighted by atomic mass is 35.5. The third kappa shape index (κ3) is 4.83. The number of nitrogens with zero attached hydrogens (tertiary/aromatic N) is 6. The van der Waals surface area contributed by atoms with Crippen molar-refractivity contribution in [3.05, 3.63) is 57.1 Å². The molecule has 0 saturated carbocycles. The lowest BCUT2D eigenvalue weighted by atomic mass is 10.2. The Bertz CT molecular complexity index is 1570. The fourth-order valence-corrected chi connectivity index (χ4v) is 3.56. The quantitative estimate of drug-likeness (QED) is 0.334. The number of rotatable bonds is 7. The van der Waals surface area contributed by atoms with E-state index in [4.69, 9.17) is 21.1 Å². The van der Waals surface area contributed by atoms with E-state index in [1.165, 1.54) is 6.92 Å². The smallest absolute Gasteiger partial charge is 0.425 e. The lowest BCUT2D eigenvalue weighted by molar-refractivity contribution is -0.189. The van der Waals surface area contributed by atoms with Crippen molar-refractivity contribution < 1.29 is 40.9 Å². The first-order valence-corrected chi connectivity index (χ1v) is 11.0. The largest absolute Gasteiger partial charge is 0.464 e. The summed E-state index contributed by atoms with van der Waals surface area (Å²) in [7, 11) is 0. The van der Waals surface area contributed by atoms with E-state index in [9.17, 15) is 31.9 Å². The number of hydrogen-bond acceptors (Lipinski definition) is 8. The van der Waals surface area contributed by atoms with Gasteiger partial charge in [-0.25, -0.2) is 18.0 Å². The maximum Gasteiger partial charge on any atom is 0.425 e. The van der Waals surface area contributed by atoms with E-state index >= 15 is 4.39 Å². The monoisotopic (exact) mass is 564 g/mol. The van der Waals surface area contributed by atoms with Gasteiger partial charge in [0.25, 0.3) is 5.88 Å². The van der Waals surface area contributed by atoms with Gasteiger partial charge in [0, 0.05) is 12.6 Å². The van der Waals surface area contributed by atoms with E-state index in [1.807, 2.05) is 0 Å². The van der Waals surface area contributed by atoms with Crippen LogP contribution in [0.15, 0.2) is 23.1 Å². The molecule has 4 rings (SSSR count). The number of fused-ring (bicyclic) bond motifs is 1. The Morgan fingerprint density at radius 3 is 2.47 bits per heavy atom. The van der Waals surface area contributed by atoms with Crippen LogP contribution in [-0.4, -0.2) is 46.9 Å². The lowest BCUT2D eigenvalue weighted by Gasteiger charge is -2.19. The Hall–Kier alpha value is -3.92. The number of ether oxygens (including phenoxy) is 2. The lowest BCUT2D eigenvalue weighted by Crippen LogP contribution is -2.32. The number of aliphatic hydroxyl groups excluding tert-OH is 1. The summed E-state index contributed by atoms with van der Waals surface area (Å²) >= 11 is 5.83. The summed E-state index contributed by atoms with van der Waals surface area (Å²) in [5.74, 6) is -7.26. The van der Waals surface area contributed by atoms with E-state index in [2.05, 4.69) is 20.3 Å². The van der Waals surface area contributed by atoms with Crippen LogP contribution in [-0.2, 0) is 13.2 Å². The average molecular weight is 565 g/mol. The number of halogens is 7. The Morgan fingerprint density at radius 2 is 1.89 bits per heavy atom. The third-order valence-electron chi connectivity index (χ3n) is 5.18. The Balaban J connectivity index is 2.00. The molecule has 202 valence electrons. The summed E-state index contributed by atoms with van der Waals surface area (Å²) in [6.07, 6.45) is -6.66. The summed E-state index contributed by atoms with van der Waals surface area (Å²) in [4.78, 5) is 16.5. The van der Waals surface area contributed by atoms with Crippen LogP contribution in [0.3, 0.4) is 0 Å². The molecule has 0 saturated heterocycles. The summed E-state index contributed by atoms with van der Waals surface area (Å²) < 4.78 is 95.2. The molecule has 10 nitrogen and oxygen atoms in total. The predicted octanol–water partition coefficient (Wildman–Crippen LogP) is 4.08. The molecule has 1 N–H and O–H groups in total. The van der Waals surface area contributed by atoms with Gasteiger partial charge < -0.3 is 14.6 Å². The fraction of sp³-hybridized carbons (Fsp3) is 0.286. The molecule has 0 radical (unpaired) electrons. The molecule has 0 aliphatic heterocycles. The second-order valence-electron chi connectivity index (χ2n) is 7.61. The summed E-state index contributed by atoms with van der Waals surface area (Å²) in [6, 6.07) is 1.10. The summed E-state index contributed by atoms with van der Waals surface area (Å²) in [5.41, 5.74) is -0.962. The van der Waals surface area contributed by atoms with Gasteiger partial charge in [0.05, 0.1) is 16.6 Å². The molecular weight excluding hydrogens is 550 g/mol. The first-order chi connectivity index (χ1) is 17.9. The normalized spacial score (nSPS) is 12.7. The molecule has 0 bridgehead atoms. The Morgan fingerprint density at radius 1 is 1.18 bits per heavy atom. The molecular formula is C21H15ClF6N6O4. The standard InChI is InChI=1S/C21H15ClF6N6O4/c1-3-33-13(7-35)32-34(20(33)36)17-15(25)10-6-29-31-19(38-16-11(22)4-9(23)5-12(16)24)14(10)18(30-17)37-8(2)21(26,27)28/h4-6,8,35H,3,7H2,1-2H3. The first-order valence-electron chi connectivity index (χ1n) is 10.6. The van der Waals surface area contributed by atoms with Gasteiger partial charge in [-0.1, -0.05) is 11.6 Å². The Kier molecular flexibility index (Phi) is 7.20. The molecule has 1 aromatic carbocycles. The average Bonchev–Trinajstić information content (AvgIpc) is 3.17. The van der Waals surface area contributed by atoms with Gasteiger partial charge >= 0.3 is 11.9 Å². The fourth-order valence-electron chi connectivity index (χ4n) is 3.33. The highest BCUT2D eigenvalue weighted by Gasteiger charge is 2.39. The third-order valence-corrected chi connectivity index (χ3v) is 5.46. The van der Waals surface area contributed by atoms with Crippen LogP contribution in [0.25, 0.3) is 16.6 Å². The minimum atomic E-state index is -4.92. The van der Waals surface area contributed by atoms with E-state index in [1.54, 1.807) is 0 Å². The molecule has 1 atom stereocenters. The van der Waals surface area contributed by atoms with Crippen molar-refractivity contribution >= 4 is 22.4 Å². The van der Waals surface area contributed by atoms with Crippen molar-refractivity contribution in [2.45, 2.75) is 39.3 Å². The van der Waals surface area contributed by atoms with Gasteiger partial charge in [0.15, 0.2) is 35.1 Å².